The zero-order valence-corrected chi connectivity index (χ0v) is 12.1. The van der Waals surface area contributed by atoms with Crippen molar-refractivity contribution in [2.45, 2.75) is 52.4 Å². The average molecular weight is 247 g/mol. The van der Waals surface area contributed by atoms with Gasteiger partial charge in [-0.2, -0.15) is 0 Å². The first-order chi connectivity index (χ1) is 8.64. The van der Waals surface area contributed by atoms with Crippen molar-refractivity contribution >= 4 is 0 Å². The number of hydrogen-bond donors (Lipinski definition) is 1. The second-order valence-electron chi connectivity index (χ2n) is 7.36. The molecule has 0 amide bonds. The molecule has 3 aliphatic carbocycles. The lowest BCUT2D eigenvalue weighted by Gasteiger charge is -2.25. The summed E-state index contributed by atoms with van der Waals surface area (Å²) < 4.78 is 0. The molecule has 0 heterocycles. The van der Waals surface area contributed by atoms with Gasteiger partial charge in [-0.15, -0.1) is 0 Å². The predicted octanol–water partition coefficient (Wildman–Crippen LogP) is 3.99. The van der Waals surface area contributed by atoms with Crippen LogP contribution in [0.5, 0.6) is 0 Å². The minimum Gasteiger partial charge on any atom is -0.330 e. The highest BCUT2D eigenvalue weighted by Gasteiger charge is 2.67. The molecule has 1 nitrogen and oxygen atoms in total. The lowest BCUT2D eigenvalue weighted by Crippen LogP contribution is -2.24. The van der Waals surface area contributed by atoms with Crippen LogP contribution in [0.4, 0.5) is 0 Å². The number of fused-ring (bicyclic) bond motifs is 3. The third-order valence-corrected chi connectivity index (χ3v) is 6.43. The Morgan fingerprint density at radius 2 is 2.17 bits per heavy atom. The predicted molar refractivity (Wildman–Crippen MR) is 77.1 cm³/mol. The summed E-state index contributed by atoms with van der Waals surface area (Å²) in [7, 11) is 0. The molecule has 6 atom stereocenters. The molecule has 0 radical (unpaired) electrons. The number of allylic oxidation sites excluding steroid dienone is 1. The zero-order valence-electron chi connectivity index (χ0n) is 12.1. The number of nitrogens with two attached hydrogens (primary N) is 1. The Kier molecular flexibility index (Phi) is 3.09. The molecule has 3 aliphatic rings. The van der Waals surface area contributed by atoms with Crippen molar-refractivity contribution in [1.82, 2.24) is 0 Å². The fourth-order valence-corrected chi connectivity index (χ4v) is 5.74. The van der Waals surface area contributed by atoms with Gasteiger partial charge in [-0.25, -0.2) is 0 Å². The Morgan fingerprint density at radius 1 is 1.39 bits per heavy atom. The van der Waals surface area contributed by atoms with Crippen molar-refractivity contribution < 1.29 is 0 Å². The molecule has 6 unspecified atom stereocenters. The molecule has 0 aromatic heterocycles. The van der Waals surface area contributed by atoms with Gasteiger partial charge in [-0.3, -0.25) is 0 Å². The SMILES string of the molecule is C=C1CCC2C(C3CC(C)CC13)C2(CN)CCC. The van der Waals surface area contributed by atoms with Crippen LogP contribution < -0.4 is 5.73 Å². The Morgan fingerprint density at radius 3 is 2.83 bits per heavy atom. The minimum absolute atomic E-state index is 0.530. The van der Waals surface area contributed by atoms with E-state index in [1.807, 2.05) is 0 Å². The van der Waals surface area contributed by atoms with Gasteiger partial charge in [0, 0.05) is 0 Å². The molecule has 2 N–H and O–H groups in total. The molecular formula is C17H29N. The van der Waals surface area contributed by atoms with Crippen molar-refractivity contribution in [3.8, 4) is 0 Å². The fraction of sp³-hybridized carbons (Fsp3) is 0.882. The van der Waals surface area contributed by atoms with E-state index in [2.05, 4.69) is 20.4 Å². The molecule has 0 spiro atoms. The highest BCUT2D eigenvalue weighted by molar-refractivity contribution is 5.22. The molecule has 102 valence electrons. The topological polar surface area (TPSA) is 26.0 Å². The number of hydrogen-bond acceptors (Lipinski definition) is 1. The van der Waals surface area contributed by atoms with Crippen molar-refractivity contribution in [3.63, 3.8) is 0 Å². The van der Waals surface area contributed by atoms with Gasteiger partial charge in [-0.05, 0) is 73.7 Å². The van der Waals surface area contributed by atoms with Gasteiger partial charge in [0.15, 0.2) is 0 Å². The first-order valence-electron chi connectivity index (χ1n) is 8.01. The van der Waals surface area contributed by atoms with Crippen molar-refractivity contribution in [1.29, 1.82) is 0 Å². The van der Waals surface area contributed by atoms with E-state index in [4.69, 9.17) is 5.73 Å². The molecule has 0 aromatic carbocycles. The molecule has 3 rings (SSSR count). The summed E-state index contributed by atoms with van der Waals surface area (Å²) >= 11 is 0. The maximum absolute atomic E-state index is 6.20. The third-order valence-electron chi connectivity index (χ3n) is 6.43. The first kappa shape index (κ1) is 12.7. The van der Waals surface area contributed by atoms with E-state index in [1.54, 1.807) is 5.57 Å². The normalized spacial score (nSPS) is 50.6. The molecule has 3 fully saturated rings. The lowest BCUT2D eigenvalue weighted by atomic mass is 9.81. The minimum atomic E-state index is 0.530. The molecule has 1 heteroatoms. The first-order valence-corrected chi connectivity index (χ1v) is 8.01. The van der Waals surface area contributed by atoms with Crippen LogP contribution in [0.3, 0.4) is 0 Å². The third kappa shape index (κ3) is 1.62. The van der Waals surface area contributed by atoms with E-state index >= 15 is 0 Å². The molecular weight excluding hydrogens is 218 g/mol. The molecule has 0 aromatic rings. The number of rotatable bonds is 3. The van der Waals surface area contributed by atoms with Crippen molar-refractivity contribution in [3.05, 3.63) is 12.2 Å². The summed E-state index contributed by atoms with van der Waals surface area (Å²) in [5.41, 5.74) is 8.29. The Labute approximate surface area is 112 Å². The molecule has 0 aliphatic heterocycles. The van der Waals surface area contributed by atoms with E-state index in [1.165, 1.54) is 38.5 Å². The van der Waals surface area contributed by atoms with Crippen LogP contribution in [-0.2, 0) is 0 Å². The summed E-state index contributed by atoms with van der Waals surface area (Å²) in [4.78, 5) is 0. The monoisotopic (exact) mass is 247 g/mol. The second-order valence-corrected chi connectivity index (χ2v) is 7.36. The highest BCUT2D eigenvalue weighted by Crippen LogP contribution is 2.71. The van der Waals surface area contributed by atoms with Gasteiger partial charge >= 0.3 is 0 Å². The van der Waals surface area contributed by atoms with Crippen LogP contribution in [0.2, 0.25) is 0 Å². The molecule has 0 bridgehead atoms. The van der Waals surface area contributed by atoms with E-state index in [0.29, 0.717) is 5.41 Å². The maximum atomic E-state index is 6.20. The van der Waals surface area contributed by atoms with E-state index in [-0.39, 0.29) is 0 Å². The zero-order chi connectivity index (χ0) is 12.9. The van der Waals surface area contributed by atoms with Crippen LogP contribution >= 0.6 is 0 Å². The quantitative estimate of drug-likeness (QED) is 0.750. The van der Waals surface area contributed by atoms with Crippen LogP contribution in [-0.4, -0.2) is 6.54 Å². The summed E-state index contributed by atoms with van der Waals surface area (Å²) in [6, 6.07) is 0. The average Bonchev–Trinajstić information content (AvgIpc) is 2.85. The molecule has 0 saturated heterocycles. The Hall–Kier alpha value is -0.300. The largest absolute Gasteiger partial charge is 0.330 e. The summed E-state index contributed by atoms with van der Waals surface area (Å²) in [6.07, 6.45) is 8.17. The molecule has 18 heavy (non-hydrogen) atoms. The fourth-order valence-electron chi connectivity index (χ4n) is 5.74. The lowest BCUT2D eigenvalue weighted by molar-refractivity contribution is 0.300. The molecule has 3 saturated carbocycles. The van der Waals surface area contributed by atoms with Gasteiger partial charge in [0.2, 0.25) is 0 Å². The van der Waals surface area contributed by atoms with Gasteiger partial charge in [0.1, 0.15) is 0 Å². The summed E-state index contributed by atoms with van der Waals surface area (Å²) in [6.45, 7) is 10.1. The summed E-state index contributed by atoms with van der Waals surface area (Å²) in [5, 5.41) is 0. The van der Waals surface area contributed by atoms with Crippen molar-refractivity contribution in [2.24, 2.45) is 40.7 Å². The van der Waals surface area contributed by atoms with E-state index < -0.39 is 0 Å². The van der Waals surface area contributed by atoms with Crippen LogP contribution in [0.1, 0.15) is 52.4 Å². The van der Waals surface area contributed by atoms with Gasteiger partial charge in [0.25, 0.3) is 0 Å². The summed E-state index contributed by atoms with van der Waals surface area (Å²) in [5.74, 6) is 4.54. The van der Waals surface area contributed by atoms with Gasteiger partial charge < -0.3 is 5.73 Å². The maximum Gasteiger partial charge on any atom is -0.00149 e. The second kappa shape index (κ2) is 4.37. The smallest absolute Gasteiger partial charge is 0.00149 e. The van der Waals surface area contributed by atoms with Crippen molar-refractivity contribution in [2.75, 3.05) is 6.54 Å². The van der Waals surface area contributed by atoms with E-state index in [0.717, 1.165) is 36.1 Å². The van der Waals surface area contributed by atoms with Crippen LogP contribution in [0.25, 0.3) is 0 Å². The van der Waals surface area contributed by atoms with E-state index in [9.17, 15) is 0 Å². The highest BCUT2D eigenvalue weighted by atomic mass is 14.8. The van der Waals surface area contributed by atoms with Crippen LogP contribution in [0, 0.1) is 35.0 Å². The van der Waals surface area contributed by atoms with Gasteiger partial charge in [-0.1, -0.05) is 32.4 Å². The standard InChI is InChI=1S/C17H29N/c1-4-7-17(10-18)15-6-5-12(3)13-8-11(2)9-14(13)16(15)17/h11,13-16H,3-10,18H2,1-2H3. The Balaban J connectivity index is 1.86. The Bertz CT molecular complexity index is 348. The van der Waals surface area contributed by atoms with Crippen LogP contribution in [0.15, 0.2) is 12.2 Å². The van der Waals surface area contributed by atoms with Gasteiger partial charge in [0.05, 0.1) is 0 Å².